The summed E-state index contributed by atoms with van der Waals surface area (Å²) in [5.41, 5.74) is -0.497. The molecule has 0 radical (unpaired) electrons. The second-order valence-electron chi connectivity index (χ2n) is 7.53. The molecule has 0 spiro atoms. The summed E-state index contributed by atoms with van der Waals surface area (Å²) in [4.78, 5) is 18.8. The molecule has 0 bridgehead atoms. The van der Waals surface area contributed by atoms with Crippen LogP contribution in [0, 0.1) is 0 Å². The van der Waals surface area contributed by atoms with E-state index in [1.807, 2.05) is 32.9 Å². The Bertz CT molecular complexity index is 595. The molecule has 1 fully saturated rings. The molecule has 1 aliphatic heterocycles. The maximum Gasteiger partial charge on any atom is 0.407 e. The molecular formula is C19H32N4O4. The van der Waals surface area contributed by atoms with Gasteiger partial charge in [-0.05, 0) is 39.3 Å². The van der Waals surface area contributed by atoms with E-state index in [1.54, 1.807) is 13.4 Å². The second-order valence-corrected chi connectivity index (χ2v) is 7.53. The Morgan fingerprint density at radius 2 is 2.26 bits per heavy atom. The van der Waals surface area contributed by atoms with Gasteiger partial charge in [-0.25, -0.2) is 4.79 Å². The molecule has 1 unspecified atom stereocenters. The monoisotopic (exact) mass is 380 g/mol. The summed E-state index contributed by atoms with van der Waals surface area (Å²) in [6, 6.07) is 3.88. The molecule has 2 rings (SSSR count). The Kier molecular flexibility index (Phi) is 7.97. The van der Waals surface area contributed by atoms with Crippen LogP contribution < -0.4 is 10.6 Å². The van der Waals surface area contributed by atoms with Crippen LogP contribution in [0.15, 0.2) is 27.8 Å². The van der Waals surface area contributed by atoms with Gasteiger partial charge in [0.1, 0.15) is 11.4 Å². The molecule has 1 saturated heterocycles. The van der Waals surface area contributed by atoms with E-state index >= 15 is 0 Å². The molecule has 0 aliphatic carbocycles. The first kappa shape index (κ1) is 21.1. The summed E-state index contributed by atoms with van der Waals surface area (Å²) < 4.78 is 15.8. The van der Waals surface area contributed by atoms with E-state index in [2.05, 4.69) is 20.5 Å². The topological polar surface area (TPSA) is 88.3 Å². The summed E-state index contributed by atoms with van der Waals surface area (Å²) in [6.07, 6.45) is 2.93. The van der Waals surface area contributed by atoms with Gasteiger partial charge in [0.2, 0.25) is 0 Å². The van der Waals surface area contributed by atoms with Gasteiger partial charge in [0.15, 0.2) is 5.96 Å². The third-order valence-electron chi connectivity index (χ3n) is 4.00. The number of ether oxygens (including phenoxy) is 2. The van der Waals surface area contributed by atoms with Crippen molar-refractivity contribution in [2.24, 2.45) is 4.99 Å². The van der Waals surface area contributed by atoms with Gasteiger partial charge in [-0.2, -0.15) is 0 Å². The molecular weight excluding hydrogens is 348 g/mol. The van der Waals surface area contributed by atoms with Crippen LogP contribution in [-0.4, -0.2) is 68.5 Å². The minimum atomic E-state index is -0.497. The number of carbonyl (C=O) groups excluding carboxylic acids is 1. The maximum absolute atomic E-state index is 12.0. The zero-order valence-electron chi connectivity index (χ0n) is 16.8. The van der Waals surface area contributed by atoms with Gasteiger partial charge in [-0.3, -0.25) is 4.99 Å². The van der Waals surface area contributed by atoms with Crippen molar-refractivity contribution in [3.8, 4) is 0 Å². The van der Waals surface area contributed by atoms with Crippen LogP contribution in [0.5, 0.6) is 0 Å². The van der Waals surface area contributed by atoms with Crippen molar-refractivity contribution >= 4 is 12.1 Å². The zero-order valence-corrected chi connectivity index (χ0v) is 16.8. The van der Waals surface area contributed by atoms with E-state index in [1.165, 1.54) is 0 Å². The van der Waals surface area contributed by atoms with Gasteiger partial charge in [0.05, 0.1) is 25.5 Å². The number of amides is 1. The zero-order chi connectivity index (χ0) is 19.7. The SMILES string of the molecule is COCCN=C(NCCc1ccco1)N1CCC(NC(=O)OC(C)(C)C)C1. The molecule has 1 amide bonds. The van der Waals surface area contributed by atoms with E-state index in [0.29, 0.717) is 19.7 Å². The first-order valence-electron chi connectivity index (χ1n) is 9.41. The Balaban J connectivity index is 1.85. The van der Waals surface area contributed by atoms with Crippen LogP contribution in [-0.2, 0) is 15.9 Å². The third kappa shape index (κ3) is 7.90. The maximum atomic E-state index is 12.0. The van der Waals surface area contributed by atoms with Crippen molar-refractivity contribution in [3.63, 3.8) is 0 Å². The molecule has 152 valence electrons. The number of guanidine groups is 1. The van der Waals surface area contributed by atoms with Crippen molar-refractivity contribution < 1.29 is 18.7 Å². The highest BCUT2D eigenvalue weighted by Crippen LogP contribution is 2.12. The Labute approximate surface area is 161 Å². The average molecular weight is 380 g/mol. The summed E-state index contributed by atoms with van der Waals surface area (Å²) in [5, 5.41) is 6.33. The minimum Gasteiger partial charge on any atom is -0.469 e. The van der Waals surface area contributed by atoms with Gasteiger partial charge in [-0.1, -0.05) is 0 Å². The quantitative estimate of drug-likeness (QED) is 0.427. The smallest absolute Gasteiger partial charge is 0.407 e. The first-order valence-corrected chi connectivity index (χ1v) is 9.41. The van der Waals surface area contributed by atoms with Crippen molar-refractivity contribution in [2.45, 2.75) is 45.3 Å². The Morgan fingerprint density at radius 3 is 2.93 bits per heavy atom. The van der Waals surface area contributed by atoms with E-state index in [9.17, 15) is 4.79 Å². The molecule has 27 heavy (non-hydrogen) atoms. The van der Waals surface area contributed by atoms with E-state index < -0.39 is 5.60 Å². The van der Waals surface area contributed by atoms with E-state index in [-0.39, 0.29) is 12.1 Å². The number of hydrogen-bond donors (Lipinski definition) is 2. The lowest BCUT2D eigenvalue weighted by atomic mass is 10.2. The molecule has 1 aliphatic rings. The number of nitrogens with one attached hydrogen (secondary N) is 2. The van der Waals surface area contributed by atoms with Crippen molar-refractivity contribution in [2.75, 3.05) is 39.9 Å². The second kappa shape index (κ2) is 10.2. The van der Waals surface area contributed by atoms with Crippen molar-refractivity contribution in [1.82, 2.24) is 15.5 Å². The highest BCUT2D eigenvalue weighted by Gasteiger charge is 2.27. The molecule has 0 saturated carbocycles. The number of methoxy groups -OCH3 is 1. The van der Waals surface area contributed by atoms with Crippen LogP contribution in [0.25, 0.3) is 0 Å². The number of carbonyl (C=O) groups is 1. The van der Waals surface area contributed by atoms with Crippen molar-refractivity contribution in [1.29, 1.82) is 0 Å². The lowest BCUT2D eigenvalue weighted by molar-refractivity contribution is 0.0507. The number of nitrogens with zero attached hydrogens (tertiary/aromatic N) is 2. The predicted molar refractivity (Wildman–Crippen MR) is 104 cm³/mol. The predicted octanol–water partition coefficient (Wildman–Crippen LogP) is 2.01. The molecule has 2 N–H and O–H groups in total. The Hall–Kier alpha value is -2.22. The molecule has 1 aromatic heterocycles. The van der Waals surface area contributed by atoms with Gasteiger partial charge in [0, 0.05) is 33.2 Å². The fourth-order valence-corrected chi connectivity index (χ4v) is 2.81. The number of furan rings is 1. The lowest BCUT2D eigenvalue weighted by Gasteiger charge is -2.23. The summed E-state index contributed by atoms with van der Waals surface area (Å²) >= 11 is 0. The summed E-state index contributed by atoms with van der Waals surface area (Å²) in [6.45, 7) is 8.96. The average Bonchev–Trinajstić information content (AvgIpc) is 3.23. The van der Waals surface area contributed by atoms with E-state index in [4.69, 9.17) is 13.9 Å². The third-order valence-corrected chi connectivity index (χ3v) is 4.00. The number of hydrogen-bond acceptors (Lipinski definition) is 5. The van der Waals surface area contributed by atoms with Crippen molar-refractivity contribution in [3.05, 3.63) is 24.2 Å². The molecule has 8 nitrogen and oxygen atoms in total. The minimum absolute atomic E-state index is 0.0411. The standard InChI is InChI=1S/C19H32N4O4/c1-19(2,3)27-18(24)22-15-8-11-23(14-15)17(21-10-13-25-4)20-9-7-16-6-5-12-26-16/h5-6,12,15H,7-11,13-14H2,1-4H3,(H,20,21)(H,22,24). The van der Waals surface area contributed by atoms with Gasteiger partial charge in [0.25, 0.3) is 0 Å². The molecule has 1 atom stereocenters. The summed E-state index contributed by atoms with van der Waals surface area (Å²) in [5.74, 6) is 1.76. The van der Waals surface area contributed by atoms with Crippen LogP contribution in [0.1, 0.15) is 33.0 Å². The van der Waals surface area contributed by atoms with Gasteiger partial charge < -0.3 is 29.4 Å². The van der Waals surface area contributed by atoms with Crippen LogP contribution in [0.4, 0.5) is 4.79 Å². The van der Waals surface area contributed by atoms with Crippen LogP contribution in [0.3, 0.4) is 0 Å². The highest BCUT2D eigenvalue weighted by molar-refractivity contribution is 5.80. The van der Waals surface area contributed by atoms with Crippen LogP contribution in [0.2, 0.25) is 0 Å². The number of aliphatic imine (C=N–C) groups is 1. The molecule has 0 aromatic carbocycles. The van der Waals surface area contributed by atoms with Crippen LogP contribution >= 0.6 is 0 Å². The Morgan fingerprint density at radius 1 is 1.44 bits per heavy atom. The van der Waals surface area contributed by atoms with Gasteiger partial charge >= 0.3 is 6.09 Å². The van der Waals surface area contributed by atoms with E-state index in [0.717, 1.165) is 37.7 Å². The molecule has 2 heterocycles. The normalized spacial score (nSPS) is 17.9. The van der Waals surface area contributed by atoms with Gasteiger partial charge in [-0.15, -0.1) is 0 Å². The summed E-state index contributed by atoms with van der Waals surface area (Å²) in [7, 11) is 1.66. The fraction of sp³-hybridized carbons (Fsp3) is 0.684. The highest BCUT2D eigenvalue weighted by atomic mass is 16.6. The largest absolute Gasteiger partial charge is 0.469 e. The molecule has 8 heteroatoms. The number of rotatable bonds is 7. The lowest BCUT2D eigenvalue weighted by Crippen LogP contribution is -2.44. The fourth-order valence-electron chi connectivity index (χ4n) is 2.81. The number of likely N-dealkylation sites (tertiary alicyclic amines) is 1. The first-order chi connectivity index (χ1) is 12.9. The molecule has 1 aromatic rings. The number of alkyl carbamates (subject to hydrolysis) is 1.